The molecule has 5 heteroatoms. The minimum Gasteiger partial charge on any atom is -0.361 e. The maximum absolute atomic E-state index is 12.2. The van der Waals surface area contributed by atoms with Crippen molar-refractivity contribution in [2.75, 3.05) is 5.32 Å². The quantitative estimate of drug-likeness (QED) is 0.749. The third kappa shape index (κ3) is 2.38. The summed E-state index contributed by atoms with van der Waals surface area (Å²) in [6.07, 6.45) is 1.85. The van der Waals surface area contributed by atoms with Gasteiger partial charge in [0.15, 0.2) is 0 Å². The van der Waals surface area contributed by atoms with Gasteiger partial charge in [0.2, 0.25) is 5.95 Å². The van der Waals surface area contributed by atoms with Gasteiger partial charge in [-0.2, -0.15) is 0 Å². The summed E-state index contributed by atoms with van der Waals surface area (Å²) in [5.74, 6) is 0.116. The maximum atomic E-state index is 12.2. The van der Waals surface area contributed by atoms with Crippen molar-refractivity contribution in [2.24, 2.45) is 0 Å². The highest BCUT2D eigenvalue weighted by Gasteiger charge is 2.09. The number of carbonyl (C=O) groups excluding carboxylic acids is 1. The molecule has 5 nitrogen and oxygen atoms in total. The number of H-pyrrole nitrogens is 1. The van der Waals surface area contributed by atoms with Crippen LogP contribution in [0.25, 0.3) is 10.9 Å². The number of anilines is 1. The van der Waals surface area contributed by atoms with Crippen LogP contribution in [0.15, 0.2) is 36.5 Å². The SMILES string of the molecule is Cc1cc(C)nc(NC(=O)c2ccc3cc[nH]c3c2)n1. The third-order valence-electron chi connectivity index (χ3n) is 3.02. The van der Waals surface area contributed by atoms with Crippen molar-refractivity contribution in [3.63, 3.8) is 0 Å². The third-order valence-corrected chi connectivity index (χ3v) is 3.02. The van der Waals surface area contributed by atoms with Crippen LogP contribution < -0.4 is 5.32 Å². The molecule has 0 bridgehead atoms. The Kier molecular flexibility index (Phi) is 2.95. The van der Waals surface area contributed by atoms with Gasteiger partial charge in [-0.25, -0.2) is 9.97 Å². The van der Waals surface area contributed by atoms with Crippen LogP contribution in [0, 0.1) is 13.8 Å². The molecular weight excluding hydrogens is 252 g/mol. The second-order valence-electron chi connectivity index (χ2n) is 4.71. The van der Waals surface area contributed by atoms with Crippen LogP contribution in [-0.2, 0) is 0 Å². The van der Waals surface area contributed by atoms with Gasteiger partial charge in [-0.1, -0.05) is 6.07 Å². The Morgan fingerprint density at radius 3 is 2.60 bits per heavy atom. The molecule has 0 fully saturated rings. The summed E-state index contributed by atoms with van der Waals surface area (Å²) in [5, 5.41) is 3.80. The van der Waals surface area contributed by atoms with Crippen LogP contribution in [0.1, 0.15) is 21.7 Å². The number of benzene rings is 1. The number of fused-ring (bicyclic) bond motifs is 1. The summed E-state index contributed by atoms with van der Waals surface area (Å²) in [6, 6.07) is 9.33. The van der Waals surface area contributed by atoms with E-state index < -0.39 is 0 Å². The van der Waals surface area contributed by atoms with Gasteiger partial charge in [0.1, 0.15) is 0 Å². The lowest BCUT2D eigenvalue weighted by atomic mass is 10.1. The first-order valence-corrected chi connectivity index (χ1v) is 6.32. The zero-order chi connectivity index (χ0) is 14.1. The first-order chi connectivity index (χ1) is 9.61. The van der Waals surface area contributed by atoms with E-state index >= 15 is 0 Å². The van der Waals surface area contributed by atoms with Crippen molar-refractivity contribution < 1.29 is 4.79 Å². The normalized spacial score (nSPS) is 10.7. The fraction of sp³-hybridized carbons (Fsp3) is 0.133. The van der Waals surface area contributed by atoms with Crippen LogP contribution in [0.3, 0.4) is 0 Å². The molecular formula is C15H14N4O. The van der Waals surface area contributed by atoms with Gasteiger partial charge in [-0.05, 0) is 43.5 Å². The molecule has 0 radical (unpaired) electrons. The van der Waals surface area contributed by atoms with Crippen LogP contribution in [0.2, 0.25) is 0 Å². The van der Waals surface area contributed by atoms with E-state index in [-0.39, 0.29) is 5.91 Å². The first-order valence-electron chi connectivity index (χ1n) is 6.32. The average Bonchev–Trinajstić information content (AvgIpc) is 2.84. The molecule has 3 aromatic rings. The summed E-state index contributed by atoms with van der Waals surface area (Å²) in [5.41, 5.74) is 3.15. The topological polar surface area (TPSA) is 70.7 Å². The molecule has 0 saturated carbocycles. The molecule has 20 heavy (non-hydrogen) atoms. The minimum absolute atomic E-state index is 0.216. The van der Waals surface area contributed by atoms with E-state index in [4.69, 9.17) is 0 Å². The Hall–Kier alpha value is -2.69. The predicted octanol–water partition coefficient (Wildman–Crippen LogP) is 2.83. The van der Waals surface area contributed by atoms with Gasteiger partial charge in [-0.15, -0.1) is 0 Å². The Morgan fingerprint density at radius 1 is 1.10 bits per heavy atom. The second-order valence-corrected chi connectivity index (χ2v) is 4.71. The molecule has 0 spiro atoms. The molecule has 100 valence electrons. The Labute approximate surface area is 116 Å². The zero-order valence-corrected chi connectivity index (χ0v) is 11.3. The average molecular weight is 266 g/mol. The molecule has 0 unspecified atom stereocenters. The van der Waals surface area contributed by atoms with Crippen molar-refractivity contribution in [1.82, 2.24) is 15.0 Å². The number of nitrogens with zero attached hydrogens (tertiary/aromatic N) is 2. The fourth-order valence-corrected chi connectivity index (χ4v) is 2.14. The van der Waals surface area contributed by atoms with Gasteiger partial charge in [0.25, 0.3) is 5.91 Å². The van der Waals surface area contributed by atoms with Crippen LogP contribution in [0.5, 0.6) is 0 Å². The van der Waals surface area contributed by atoms with Gasteiger partial charge < -0.3 is 4.98 Å². The second kappa shape index (κ2) is 4.77. The molecule has 0 aliphatic heterocycles. The van der Waals surface area contributed by atoms with Gasteiger partial charge in [0, 0.05) is 28.7 Å². The molecule has 3 rings (SSSR count). The van der Waals surface area contributed by atoms with E-state index in [1.165, 1.54) is 0 Å². The van der Waals surface area contributed by atoms with Crippen molar-refractivity contribution in [1.29, 1.82) is 0 Å². The van der Waals surface area contributed by atoms with E-state index in [2.05, 4.69) is 20.3 Å². The van der Waals surface area contributed by atoms with Crippen molar-refractivity contribution in [2.45, 2.75) is 13.8 Å². The maximum Gasteiger partial charge on any atom is 0.258 e. The molecule has 1 amide bonds. The number of amides is 1. The van der Waals surface area contributed by atoms with Crippen LogP contribution in [0.4, 0.5) is 5.95 Å². The monoisotopic (exact) mass is 266 g/mol. The predicted molar refractivity (Wildman–Crippen MR) is 77.8 cm³/mol. The number of aromatic amines is 1. The van der Waals surface area contributed by atoms with Gasteiger partial charge in [-0.3, -0.25) is 10.1 Å². The highest BCUT2D eigenvalue weighted by molar-refractivity contribution is 6.05. The first kappa shape index (κ1) is 12.3. The lowest BCUT2D eigenvalue weighted by molar-refractivity contribution is 0.102. The standard InChI is InChI=1S/C15H14N4O/c1-9-7-10(2)18-15(17-9)19-14(20)12-4-3-11-5-6-16-13(11)8-12/h3-8,16H,1-2H3,(H,17,18,19,20). The van der Waals surface area contributed by atoms with E-state index in [0.29, 0.717) is 11.5 Å². The number of hydrogen-bond acceptors (Lipinski definition) is 3. The number of aryl methyl sites for hydroxylation is 2. The number of hydrogen-bond donors (Lipinski definition) is 2. The van der Waals surface area contributed by atoms with E-state index in [0.717, 1.165) is 22.3 Å². The van der Waals surface area contributed by atoms with Crippen molar-refractivity contribution in [3.8, 4) is 0 Å². The number of carbonyl (C=O) groups is 1. The fourth-order valence-electron chi connectivity index (χ4n) is 2.14. The summed E-state index contributed by atoms with van der Waals surface area (Å²) in [7, 11) is 0. The van der Waals surface area contributed by atoms with E-state index in [9.17, 15) is 4.79 Å². The largest absolute Gasteiger partial charge is 0.361 e. The van der Waals surface area contributed by atoms with Crippen molar-refractivity contribution in [3.05, 3.63) is 53.5 Å². The summed E-state index contributed by atoms with van der Waals surface area (Å²) in [6.45, 7) is 3.74. The van der Waals surface area contributed by atoms with Gasteiger partial charge in [0.05, 0.1) is 0 Å². The molecule has 2 N–H and O–H groups in total. The Bertz CT molecular complexity index is 771. The lowest BCUT2D eigenvalue weighted by Gasteiger charge is -2.05. The Morgan fingerprint density at radius 2 is 1.85 bits per heavy atom. The molecule has 0 saturated heterocycles. The summed E-state index contributed by atoms with van der Waals surface area (Å²) < 4.78 is 0. The number of nitrogens with one attached hydrogen (secondary N) is 2. The van der Waals surface area contributed by atoms with Crippen LogP contribution in [-0.4, -0.2) is 20.9 Å². The highest BCUT2D eigenvalue weighted by Crippen LogP contribution is 2.15. The van der Waals surface area contributed by atoms with Gasteiger partial charge >= 0.3 is 0 Å². The smallest absolute Gasteiger partial charge is 0.258 e. The molecule has 0 aliphatic carbocycles. The van der Waals surface area contributed by atoms with Crippen LogP contribution >= 0.6 is 0 Å². The summed E-state index contributed by atoms with van der Waals surface area (Å²) >= 11 is 0. The molecule has 2 aromatic heterocycles. The molecule has 1 aromatic carbocycles. The molecule has 0 aliphatic rings. The van der Waals surface area contributed by atoms with E-state index in [1.54, 1.807) is 6.07 Å². The Balaban J connectivity index is 1.88. The van der Waals surface area contributed by atoms with Crippen molar-refractivity contribution >= 4 is 22.8 Å². The zero-order valence-electron chi connectivity index (χ0n) is 11.3. The number of rotatable bonds is 2. The number of aromatic nitrogens is 3. The molecule has 2 heterocycles. The molecule has 0 atom stereocenters. The minimum atomic E-state index is -0.216. The van der Waals surface area contributed by atoms with E-state index in [1.807, 2.05) is 44.3 Å². The summed E-state index contributed by atoms with van der Waals surface area (Å²) in [4.78, 5) is 23.7. The lowest BCUT2D eigenvalue weighted by Crippen LogP contribution is -2.14. The highest BCUT2D eigenvalue weighted by atomic mass is 16.1.